The SMILES string of the molecule is CCCC(CNC)Oc1cccc(C(F)(F)F)c1. The lowest BCUT2D eigenvalue weighted by Gasteiger charge is -2.19. The minimum atomic E-state index is -4.33. The normalized spacial score (nSPS) is 13.4. The molecule has 1 aromatic carbocycles. The van der Waals surface area contributed by atoms with Crippen LogP contribution < -0.4 is 10.1 Å². The van der Waals surface area contributed by atoms with E-state index < -0.39 is 11.7 Å². The Morgan fingerprint density at radius 3 is 2.61 bits per heavy atom. The van der Waals surface area contributed by atoms with Crippen LogP contribution in [0.1, 0.15) is 25.3 Å². The van der Waals surface area contributed by atoms with Crippen molar-refractivity contribution < 1.29 is 17.9 Å². The Hall–Kier alpha value is -1.23. The van der Waals surface area contributed by atoms with Gasteiger partial charge in [0.25, 0.3) is 0 Å². The summed E-state index contributed by atoms with van der Waals surface area (Å²) in [6.07, 6.45) is -2.71. The van der Waals surface area contributed by atoms with Crippen LogP contribution in [0.2, 0.25) is 0 Å². The predicted molar refractivity (Wildman–Crippen MR) is 64.7 cm³/mol. The van der Waals surface area contributed by atoms with Crippen LogP contribution in [0, 0.1) is 0 Å². The summed E-state index contributed by atoms with van der Waals surface area (Å²) in [6, 6.07) is 4.99. The van der Waals surface area contributed by atoms with Crippen LogP contribution in [-0.2, 0) is 6.18 Å². The zero-order valence-corrected chi connectivity index (χ0v) is 10.6. The number of benzene rings is 1. The fourth-order valence-electron chi connectivity index (χ4n) is 1.69. The molecule has 1 aromatic rings. The predicted octanol–water partition coefficient (Wildman–Crippen LogP) is 3.47. The Bertz CT molecular complexity index is 359. The van der Waals surface area contributed by atoms with E-state index in [0.717, 1.165) is 25.0 Å². The van der Waals surface area contributed by atoms with Crippen LogP contribution in [0.15, 0.2) is 24.3 Å². The van der Waals surface area contributed by atoms with Gasteiger partial charge in [-0.2, -0.15) is 13.2 Å². The minimum Gasteiger partial charge on any atom is -0.489 e. The zero-order chi connectivity index (χ0) is 13.6. The van der Waals surface area contributed by atoms with Gasteiger partial charge in [0.2, 0.25) is 0 Å². The first-order valence-corrected chi connectivity index (χ1v) is 5.96. The molecule has 0 fully saturated rings. The molecule has 0 heterocycles. The van der Waals surface area contributed by atoms with Crippen LogP contribution in [0.25, 0.3) is 0 Å². The van der Waals surface area contributed by atoms with Crippen LogP contribution >= 0.6 is 0 Å². The molecule has 5 heteroatoms. The fraction of sp³-hybridized carbons (Fsp3) is 0.538. The van der Waals surface area contributed by atoms with Crippen LogP contribution in [-0.4, -0.2) is 19.7 Å². The van der Waals surface area contributed by atoms with Gasteiger partial charge in [0, 0.05) is 6.54 Å². The van der Waals surface area contributed by atoms with Crippen molar-refractivity contribution in [3.63, 3.8) is 0 Å². The van der Waals surface area contributed by atoms with Gasteiger partial charge in [0.15, 0.2) is 0 Å². The smallest absolute Gasteiger partial charge is 0.416 e. The molecule has 0 amide bonds. The van der Waals surface area contributed by atoms with E-state index >= 15 is 0 Å². The second kappa shape index (κ2) is 6.64. The average Bonchev–Trinajstić information content (AvgIpc) is 2.29. The molecule has 0 saturated carbocycles. The molecule has 0 aliphatic heterocycles. The number of nitrogens with one attached hydrogen (secondary N) is 1. The summed E-state index contributed by atoms with van der Waals surface area (Å²) in [4.78, 5) is 0. The van der Waals surface area contributed by atoms with Crippen molar-refractivity contribution in [2.75, 3.05) is 13.6 Å². The summed E-state index contributed by atoms with van der Waals surface area (Å²) in [5.41, 5.74) is -0.681. The quantitative estimate of drug-likeness (QED) is 0.846. The summed E-state index contributed by atoms with van der Waals surface area (Å²) in [5.74, 6) is 0.263. The molecule has 0 saturated heterocycles. The van der Waals surface area contributed by atoms with Crippen molar-refractivity contribution in [2.45, 2.75) is 32.0 Å². The minimum absolute atomic E-state index is 0.108. The van der Waals surface area contributed by atoms with E-state index in [1.165, 1.54) is 6.07 Å². The molecular formula is C13H18F3NO. The maximum Gasteiger partial charge on any atom is 0.416 e. The topological polar surface area (TPSA) is 21.3 Å². The molecule has 2 nitrogen and oxygen atoms in total. The lowest BCUT2D eigenvalue weighted by atomic mass is 10.2. The third kappa shape index (κ3) is 4.56. The van der Waals surface area contributed by atoms with E-state index in [4.69, 9.17) is 4.74 Å². The van der Waals surface area contributed by atoms with Crippen molar-refractivity contribution in [3.05, 3.63) is 29.8 Å². The van der Waals surface area contributed by atoms with Crippen LogP contribution in [0.3, 0.4) is 0 Å². The Kier molecular flexibility index (Phi) is 5.47. The highest BCUT2D eigenvalue weighted by Gasteiger charge is 2.30. The molecule has 0 aromatic heterocycles. The fourth-order valence-corrected chi connectivity index (χ4v) is 1.69. The van der Waals surface area contributed by atoms with Gasteiger partial charge in [-0.25, -0.2) is 0 Å². The molecule has 0 bridgehead atoms. The number of alkyl halides is 3. The second-order valence-corrected chi connectivity index (χ2v) is 4.11. The third-order valence-electron chi connectivity index (χ3n) is 2.51. The average molecular weight is 261 g/mol. The maximum atomic E-state index is 12.5. The summed E-state index contributed by atoms with van der Waals surface area (Å²) in [5, 5.41) is 2.97. The van der Waals surface area contributed by atoms with Crippen molar-refractivity contribution in [1.82, 2.24) is 5.32 Å². The van der Waals surface area contributed by atoms with E-state index in [2.05, 4.69) is 5.32 Å². The molecule has 0 aliphatic rings. The summed E-state index contributed by atoms with van der Waals surface area (Å²) in [6.45, 7) is 2.63. The van der Waals surface area contributed by atoms with Gasteiger partial charge in [0.05, 0.1) is 5.56 Å². The number of ether oxygens (including phenoxy) is 1. The molecule has 18 heavy (non-hydrogen) atoms. The van der Waals surface area contributed by atoms with Gasteiger partial charge in [-0.05, 0) is 31.7 Å². The highest BCUT2D eigenvalue weighted by Crippen LogP contribution is 2.31. The standard InChI is InChI=1S/C13H18F3NO/c1-3-5-12(9-17-2)18-11-7-4-6-10(8-11)13(14,15)16/h4,6-8,12,17H,3,5,9H2,1-2H3. The van der Waals surface area contributed by atoms with Gasteiger partial charge in [-0.1, -0.05) is 19.4 Å². The monoisotopic (exact) mass is 261 g/mol. The van der Waals surface area contributed by atoms with Gasteiger partial charge in [0.1, 0.15) is 11.9 Å². The first kappa shape index (κ1) is 14.8. The largest absolute Gasteiger partial charge is 0.489 e. The van der Waals surface area contributed by atoms with Crippen LogP contribution in [0.5, 0.6) is 5.75 Å². The number of hydrogen-bond donors (Lipinski definition) is 1. The van der Waals surface area contributed by atoms with Crippen molar-refractivity contribution in [1.29, 1.82) is 0 Å². The highest BCUT2D eigenvalue weighted by molar-refractivity contribution is 5.30. The molecule has 0 radical (unpaired) electrons. The zero-order valence-electron chi connectivity index (χ0n) is 10.6. The Labute approximate surface area is 105 Å². The molecular weight excluding hydrogens is 243 g/mol. The van der Waals surface area contributed by atoms with E-state index in [0.29, 0.717) is 6.54 Å². The molecule has 1 atom stereocenters. The number of hydrogen-bond acceptors (Lipinski definition) is 2. The molecule has 102 valence electrons. The van der Waals surface area contributed by atoms with E-state index in [-0.39, 0.29) is 11.9 Å². The van der Waals surface area contributed by atoms with Crippen molar-refractivity contribution in [3.8, 4) is 5.75 Å². The summed E-state index contributed by atoms with van der Waals surface area (Å²) >= 11 is 0. The summed E-state index contributed by atoms with van der Waals surface area (Å²) in [7, 11) is 1.79. The Morgan fingerprint density at radius 1 is 1.33 bits per heavy atom. The van der Waals surface area contributed by atoms with Gasteiger partial charge in [-0.3, -0.25) is 0 Å². The van der Waals surface area contributed by atoms with Gasteiger partial charge < -0.3 is 10.1 Å². The molecule has 0 aliphatic carbocycles. The molecule has 1 rings (SSSR count). The van der Waals surface area contributed by atoms with E-state index in [9.17, 15) is 13.2 Å². The van der Waals surface area contributed by atoms with Gasteiger partial charge >= 0.3 is 6.18 Å². The highest BCUT2D eigenvalue weighted by atomic mass is 19.4. The summed E-state index contributed by atoms with van der Waals surface area (Å²) < 4.78 is 43.2. The number of rotatable bonds is 6. The molecule has 1 unspecified atom stereocenters. The van der Waals surface area contributed by atoms with E-state index in [1.54, 1.807) is 13.1 Å². The lowest BCUT2D eigenvalue weighted by molar-refractivity contribution is -0.137. The lowest BCUT2D eigenvalue weighted by Crippen LogP contribution is -2.29. The first-order valence-electron chi connectivity index (χ1n) is 5.96. The Morgan fingerprint density at radius 2 is 2.06 bits per heavy atom. The number of likely N-dealkylation sites (N-methyl/N-ethyl adjacent to an activating group) is 1. The van der Waals surface area contributed by atoms with Gasteiger partial charge in [-0.15, -0.1) is 0 Å². The van der Waals surface area contributed by atoms with E-state index in [1.807, 2.05) is 6.92 Å². The molecule has 1 N–H and O–H groups in total. The number of halogens is 3. The second-order valence-electron chi connectivity index (χ2n) is 4.11. The molecule has 0 spiro atoms. The third-order valence-corrected chi connectivity index (χ3v) is 2.51. The maximum absolute atomic E-state index is 12.5. The van der Waals surface area contributed by atoms with Crippen LogP contribution in [0.4, 0.5) is 13.2 Å². The van der Waals surface area contributed by atoms with Crippen molar-refractivity contribution >= 4 is 0 Å². The van der Waals surface area contributed by atoms with Crippen molar-refractivity contribution in [2.24, 2.45) is 0 Å². The first-order chi connectivity index (χ1) is 8.47. The Balaban J connectivity index is 2.77.